The number of aromatic nitrogens is 2. The molecule has 0 radical (unpaired) electrons. The summed E-state index contributed by atoms with van der Waals surface area (Å²) in [6.45, 7) is 1.85. The molecule has 0 aliphatic carbocycles. The highest BCUT2D eigenvalue weighted by molar-refractivity contribution is 8.01. The Kier molecular flexibility index (Phi) is 2.71. The second-order valence-corrected chi connectivity index (χ2v) is 6.02. The normalized spacial score (nSPS) is 13.5. The van der Waals surface area contributed by atoms with Gasteiger partial charge in [0, 0.05) is 16.3 Å². The van der Waals surface area contributed by atoms with Crippen molar-refractivity contribution in [3.05, 3.63) is 23.5 Å². The second-order valence-electron chi connectivity index (χ2n) is 3.98. The predicted octanol–water partition coefficient (Wildman–Crippen LogP) is 2.07. The number of nitrogens with two attached hydrogens (primary N) is 1. The van der Waals surface area contributed by atoms with Crippen molar-refractivity contribution < 1.29 is 4.79 Å². The van der Waals surface area contributed by atoms with Gasteiger partial charge in [0.1, 0.15) is 5.82 Å². The van der Waals surface area contributed by atoms with Crippen LogP contribution in [0.4, 0.5) is 11.4 Å². The maximum absolute atomic E-state index is 11.3. The molecule has 3 rings (SSSR count). The summed E-state index contributed by atoms with van der Waals surface area (Å²) >= 11 is 2.82. The lowest BCUT2D eigenvalue weighted by Gasteiger charge is -2.06. The van der Waals surface area contributed by atoms with Crippen LogP contribution in [0.2, 0.25) is 0 Å². The Labute approximate surface area is 112 Å². The van der Waals surface area contributed by atoms with Gasteiger partial charge in [-0.25, -0.2) is 4.98 Å². The van der Waals surface area contributed by atoms with E-state index in [0.29, 0.717) is 12.1 Å². The molecule has 1 aromatic carbocycles. The minimum Gasteiger partial charge on any atom is -0.398 e. The van der Waals surface area contributed by atoms with Crippen LogP contribution in [0.15, 0.2) is 21.4 Å². The summed E-state index contributed by atoms with van der Waals surface area (Å²) in [5, 5.41) is 2.82. The van der Waals surface area contributed by atoms with Crippen molar-refractivity contribution in [2.24, 2.45) is 0 Å². The van der Waals surface area contributed by atoms with Gasteiger partial charge in [-0.15, -0.1) is 0 Å². The zero-order valence-corrected chi connectivity index (χ0v) is 11.2. The van der Waals surface area contributed by atoms with E-state index >= 15 is 0 Å². The number of carbonyl (C=O) groups is 1. The lowest BCUT2D eigenvalue weighted by Crippen LogP contribution is -2.03. The Hall–Kier alpha value is -1.60. The lowest BCUT2D eigenvalue weighted by molar-refractivity contribution is -0.115. The molecule has 1 aliphatic rings. The molecule has 5 nitrogen and oxygen atoms in total. The molecule has 7 heteroatoms. The number of nitrogen functional groups attached to an aromatic ring is 1. The number of nitrogens with one attached hydrogen (secondary N) is 1. The summed E-state index contributed by atoms with van der Waals surface area (Å²) in [5.41, 5.74) is 8.46. The van der Waals surface area contributed by atoms with Crippen LogP contribution in [-0.4, -0.2) is 15.3 Å². The first-order valence-electron chi connectivity index (χ1n) is 5.32. The minimum atomic E-state index is 0.0123. The minimum absolute atomic E-state index is 0.0123. The third-order valence-electron chi connectivity index (χ3n) is 2.57. The summed E-state index contributed by atoms with van der Waals surface area (Å²) in [4.78, 5) is 16.5. The van der Waals surface area contributed by atoms with E-state index in [-0.39, 0.29) is 5.91 Å². The van der Waals surface area contributed by atoms with Crippen LogP contribution < -0.4 is 11.1 Å². The standard InChI is InChI=1S/C11H10N4OS2/c1-5-13-11(18-15-5)17-9-4-8-6(2-7(9)12)3-10(16)14-8/h2,4H,3,12H2,1H3,(H,14,16). The number of rotatable bonds is 2. The molecule has 0 fully saturated rings. The highest BCUT2D eigenvalue weighted by Crippen LogP contribution is 2.38. The third kappa shape index (κ3) is 2.06. The molecule has 1 aromatic heterocycles. The van der Waals surface area contributed by atoms with Gasteiger partial charge >= 0.3 is 0 Å². The van der Waals surface area contributed by atoms with Crippen LogP contribution in [0, 0.1) is 6.92 Å². The largest absolute Gasteiger partial charge is 0.398 e. The SMILES string of the molecule is Cc1nsc(Sc2cc3c(cc2N)CC(=O)N3)n1. The number of carbonyl (C=O) groups excluding carboxylic acids is 1. The van der Waals surface area contributed by atoms with Crippen molar-refractivity contribution in [1.29, 1.82) is 0 Å². The number of fused-ring (bicyclic) bond motifs is 1. The first kappa shape index (κ1) is 11.5. The van der Waals surface area contributed by atoms with Crippen molar-refractivity contribution in [2.45, 2.75) is 22.6 Å². The van der Waals surface area contributed by atoms with E-state index in [1.807, 2.05) is 19.1 Å². The molecular weight excluding hydrogens is 268 g/mol. The van der Waals surface area contributed by atoms with Crippen LogP contribution in [0.25, 0.3) is 0 Å². The van der Waals surface area contributed by atoms with E-state index in [2.05, 4.69) is 14.7 Å². The first-order valence-corrected chi connectivity index (χ1v) is 6.91. The van der Waals surface area contributed by atoms with Gasteiger partial charge in [0.05, 0.1) is 6.42 Å². The Balaban J connectivity index is 1.93. The van der Waals surface area contributed by atoms with Crippen LogP contribution in [0.5, 0.6) is 0 Å². The maximum atomic E-state index is 11.3. The summed E-state index contributed by atoms with van der Waals surface area (Å²) in [5.74, 6) is 0.772. The Bertz CT molecular complexity index is 638. The van der Waals surface area contributed by atoms with Crippen LogP contribution in [0.3, 0.4) is 0 Å². The molecule has 1 amide bonds. The molecule has 92 valence electrons. The number of anilines is 2. The quantitative estimate of drug-likeness (QED) is 0.822. The molecule has 3 N–H and O–H groups in total. The van der Waals surface area contributed by atoms with Gasteiger partial charge < -0.3 is 11.1 Å². The van der Waals surface area contributed by atoms with E-state index in [1.165, 1.54) is 23.3 Å². The van der Waals surface area contributed by atoms with Crippen LogP contribution in [-0.2, 0) is 11.2 Å². The molecular formula is C11H10N4OS2. The summed E-state index contributed by atoms with van der Waals surface area (Å²) in [6.07, 6.45) is 0.405. The molecule has 0 unspecified atom stereocenters. The topological polar surface area (TPSA) is 80.9 Å². The summed E-state index contributed by atoms with van der Waals surface area (Å²) in [7, 11) is 0. The van der Waals surface area contributed by atoms with Gasteiger partial charge in [0.25, 0.3) is 0 Å². The molecule has 0 bridgehead atoms. The van der Waals surface area contributed by atoms with E-state index in [4.69, 9.17) is 5.73 Å². The molecule has 2 heterocycles. The predicted molar refractivity (Wildman–Crippen MR) is 72.0 cm³/mol. The molecule has 0 atom stereocenters. The van der Waals surface area contributed by atoms with E-state index in [9.17, 15) is 4.79 Å². The Morgan fingerprint density at radius 2 is 2.33 bits per heavy atom. The van der Waals surface area contributed by atoms with Gasteiger partial charge in [-0.1, -0.05) is 11.8 Å². The fourth-order valence-electron chi connectivity index (χ4n) is 1.78. The van der Waals surface area contributed by atoms with Crippen LogP contribution >= 0.6 is 23.3 Å². The van der Waals surface area contributed by atoms with E-state index in [0.717, 1.165) is 26.3 Å². The van der Waals surface area contributed by atoms with Gasteiger partial charge in [-0.05, 0) is 36.2 Å². The molecule has 18 heavy (non-hydrogen) atoms. The van der Waals surface area contributed by atoms with Crippen LogP contribution in [0.1, 0.15) is 11.4 Å². The molecule has 0 saturated carbocycles. The van der Waals surface area contributed by atoms with Gasteiger partial charge in [0.15, 0.2) is 4.34 Å². The average Bonchev–Trinajstić information content (AvgIpc) is 2.85. The maximum Gasteiger partial charge on any atom is 0.228 e. The van der Waals surface area contributed by atoms with Crippen molar-refractivity contribution >= 4 is 40.6 Å². The zero-order valence-electron chi connectivity index (χ0n) is 9.56. The van der Waals surface area contributed by atoms with Gasteiger partial charge in [-0.2, -0.15) is 4.37 Å². The Morgan fingerprint density at radius 3 is 3.06 bits per heavy atom. The Morgan fingerprint density at radius 1 is 1.50 bits per heavy atom. The first-order chi connectivity index (χ1) is 8.61. The number of aryl methyl sites for hydroxylation is 1. The van der Waals surface area contributed by atoms with E-state index < -0.39 is 0 Å². The zero-order chi connectivity index (χ0) is 12.7. The van der Waals surface area contributed by atoms with Gasteiger partial charge in [0.2, 0.25) is 5.91 Å². The molecule has 0 saturated heterocycles. The fraction of sp³-hybridized carbons (Fsp3) is 0.182. The van der Waals surface area contributed by atoms with Crippen molar-refractivity contribution in [3.8, 4) is 0 Å². The lowest BCUT2D eigenvalue weighted by atomic mass is 10.1. The highest BCUT2D eigenvalue weighted by atomic mass is 32.2. The van der Waals surface area contributed by atoms with E-state index in [1.54, 1.807) is 0 Å². The number of benzene rings is 1. The number of hydrogen-bond acceptors (Lipinski definition) is 6. The molecule has 0 spiro atoms. The van der Waals surface area contributed by atoms with Crippen molar-refractivity contribution in [3.63, 3.8) is 0 Å². The number of amides is 1. The van der Waals surface area contributed by atoms with Crippen molar-refractivity contribution in [2.75, 3.05) is 11.1 Å². The second kappa shape index (κ2) is 4.25. The molecule has 1 aliphatic heterocycles. The number of nitrogens with zero attached hydrogens (tertiary/aromatic N) is 2. The van der Waals surface area contributed by atoms with Gasteiger partial charge in [-0.3, -0.25) is 4.79 Å². The summed E-state index contributed by atoms with van der Waals surface area (Å²) < 4.78 is 4.98. The average molecular weight is 278 g/mol. The number of hydrogen-bond donors (Lipinski definition) is 2. The summed E-state index contributed by atoms with van der Waals surface area (Å²) in [6, 6.07) is 3.75. The monoisotopic (exact) mass is 278 g/mol. The molecule has 2 aromatic rings. The highest BCUT2D eigenvalue weighted by Gasteiger charge is 2.20. The third-order valence-corrected chi connectivity index (χ3v) is 4.48. The smallest absolute Gasteiger partial charge is 0.228 e. The fourth-order valence-corrected chi connectivity index (χ4v) is 3.45. The van der Waals surface area contributed by atoms with Crippen molar-refractivity contribution in [1.82, 2.24) is 9.36 Å².